The molecular weight excluding hydrogens is 340 g/mol. The van der Waals surface area contributed by atoms with Crippen molar-refractivity contribution in [2.24, 2.45) is 5.92 Å². The third kappa shape index (κ3) is 6.45. The fourth-order valence-electron chi connectivity index (χ4n) is 3.39. The largest absolute Gasteiger partial charge is 0.396 e. The highest BCUT2D eigenvalue weighted by molar-refractivity contribution is 5.74. The number of benzene rings is 1. The Balaban J connectivity index is 0.000000244. The zero-order chi connectivity index (χ0) is 19.6. The molecule has 5 heteroatoms. The number of amides is 1. The van der Waals surface area contributed by atoms with Gasteiger partial charge in [0.15, 0.2) is 0 Å². The highest BCUT2D eigenvalue weighted by Gasteiger charge is 2.28. The number of aliphatic hydroxyl groups excluding tert-OH is 2. The zero-order valence-electron chi connectivity index (χ0n) is 16.2. The summed E-state index contributed by atoms with van der Waals surface area (Å²) in [6.07, 6.45) is 4.27. The Hall–Kier alpha value is -2.24. The molecule has 3 atom stereocenters. The number of aromatic nitrogens is 1. The van der Waals surface area contributed by atoms with Crippen molar-refractivity contribution in [1.29, 1.82) is 0 Å². The minimum Gasteiger partial charge on any atom is -0.396 e. The van der Waals surface area contributed by atoms with Crippen LogP contribution < -0.4 is 0 Å². The van der Waals surface area contributed by atoms with Crippen LogP contribution in [-0.2, 0) is 4.79 Å². The number of pyridine rings is 1. The Morgan fingerprint density at radius 2 is 1.89 bits per heavy atom. The van der Waals surface area contributed by atoms with Gasteiger partial charge in [0.1, 0.15) is 0 Å². The number of rotatable bonds is 3. The monoisotopic (exact) mass is 370 g/mol. The molecule has 1 aliphatic rings. The van der Waals surface area contributed by atoms with Crippen molar-refractivity contribution in [1.82, 2.24) is 9.88 Å². The molecule has 5 nitrogen and oxygen atoms in total. The summed E-state index contributed by atoms with van der Waals surface area (Å²) in [4.78, 5) is 17.7. The number of likely N-dealkylation sites (tertiary alicyclic amines) is 1. The van der Waals surface area contributed by atoms with Crippen molar-refractivity contribution in [3.63, 3.8) is 0 Å². The second-order valence-corrected chi connectivity index (χ2v) is 7.01. The number of nitrogens with zero attached hydrogens (tertiary/aromatic N) is 2. The Labute approximate surface area is 161 Å². The summed E-state index contributed by atoms with van der Waals surface area (Å²) in [5.41, 5.74) is 1.92. The van der Waals surface area contributed by atoms with Crippen molar-refractivity contribution < 1.29 is 15.0 Å². The topological polar surface area (TPSA) is 73.7 Å². The smallest absolute Gasteiger partial charge is 0.219 e. The van der Waals surface area contributed by atoms with Crippen LogP contribution in [0.5, 0.6) is 0 Å². The van der Waals surface area contributed by atoms with E-state index in [-0.39, 0.29) is 24.5 Å². The number of carbonyl (C=O) groups is 1. The van der Waals surface area contributed by atoms with E-state index in [4.69, 9.17) is 5.11 Å². The minimum absolute atomic E-state index is 0.101. The third-order valence-corrected chi connectivity index (χ3v) is 4.88. The highest BCUT2D eigenvalue weighted by atomic mass is 16.3. The van der Waals surface area contributed by atoms with E-state index >= 15 is 0 Å². The van der Waals surface area contributed by atoms with E-state index in [0.717, 1.165) is 25.0 Å². The van der Waals surface area contributed by atoms with Gasteiger partial charge in [0.25, 0.3) is 0 Å². The first-order valence-electron chi connectivity index (χ1n) is 9.55. The van der Waals surface area contributed by atoms with Crippen LogP contribution in [0.4, 0.5) is 0 Å². The van der Waals surface area contributed by atoms with Crippen LogP contribution in [0.1, 0.15) is 56.5 Å². The maximum atomic E-state index is 11.8. The Morgan fingerprint density at radius 3 is 2.41 bits per heavy atom. The molecule has 1 aromatic carbocycles. The van der Waals surface area contributed by atoms with E-state index in [2.05, 4.69) is 17.1 Å². The molecule has 2 heterocycles. The second-order valence-electron chi connectivity index (χ2n) is 7.01. The third-order valence-electron chi connectivity index (χ3n) is 4.88. The average Bonchev–Trinajstić information content (AvgIpc) is 2.92. The number of hydrogen-bond acceptors (Lipinski definition) is 4. The van der Waals surface area contributed by atoms with Crippen LogP contribution in [0.3, 0.4) is 0 Å². The van der Waals surface area contributed by atoms with Crippen molar-refractivity contribution in [3.05, 3.63) is 66.0 Å². The van der Waals surface area contributed by atoms with Crippen LogP contribution in [0.15, 0.2) is 54.7 Å². The van der Waals surface area contributed by atoms with Gasteiger partial charge >= 0.3 is 0 Å². The summed E-state index contributed by atoms with van der Waals surface area (Å²) in [7, 11) is 0. The maximum Gasteiger partial charge on any atom is 0.219 e. The van der Waals surface area contributed by atoms with Crippen LogP contribution in [0.25, 0.3) is 0 Å². The van der Waals surface area contributed by atoms with Gasteiger partial charge in [-0.2, -0.15) is 0 Å². The quantitative estimate of drug-likeness (QED) is 0.867. The lowest BCUT2D eigenvalue weighted by atomic mass is 10.0. The van der Waals surface area contributed by atoms with Crippen molar-refractivity contribution in [2.45, 2.75) is 45.3 Å². The molecule has 2 N–H and O–H groups in total. The Kier molecular flexibility index (Phi) is 8.43. The molecule has 27 heavy (non-hydrogen) atoms. The summed E-state index contributed by atoms with van der Waals surface area (Å²) in [5.74, 6) is 0.326. The van der Waals surface area contributed by atoms with Gasteiger partial charge in [0.2, 0.25) is 5.91 Å². The number of aliphatic hydroxyl groups is 2. The Morgan fingerprint density at radius 1 is 1.19 bits per heavy atom. The van der Waals surface area contributed by atoms with Gasteiger partial charge in [0.05, 0.1) is 17.8 Å². The highest BCUT2D eigenvalue weighted by Crippen LogP contribution is 2.31. The first-order valence-corrected chi connectivity index (χ1v) is 9.55. The molecule has 2 aromatic rings. The van der Waals surface area contributed by atoms with E-state index in [1.54, 1.807) is 26.1 Å². The lowest BCUT2D eigenvalue weighted by Crippen LogP contribution is -2.36. The summed E-state index contributed by atoms with van der Waals surface area (Å²) in [5, 5.41) is 18.3. The van der Waals surface area contributed by atoms with E-state index < -0.39 is 6.10 Å². The van der Waals surface area contributed by atoms with E-state index in [1.165, 1.54) is 5.56 Å². The molecule has 0 spiro atoms. The fraction of sp³-hybridized carbons (Fsp3) is 0.455. The van der Waals surface area contributed by atoms with Crippen molar-refractivity contribution in [3.8, 4) is 0 Å². The van der Waals surface area contributed by atoms with Crippen LogP contribution in [0.2, 0.25) is 0 Å². The first-order chi connectivity index (χ1) is 13.0. The SMILES string of the molecule is CC(=O)N1CC(CO)CCCC1c1ccccc1.CC(O)c1ccccn1. The molecule has 1 amide bonds. The summed E-state index contributed by atoms with van der Waals surface area (Å²) in [6, 6.07) is 15.8. The lowest BCUT2D eigenvalue weighted by Gasteiger charge is -2.31. The lowest BCUT2D eigenvalue weighted by molar-refractivity contribution is -0.132. The van der Waals surface area contributed by atoms with E-state index in [9.17, 15) is 9.90 Å². The molecule has 0 saturated carbocycles. The molecule has 1 aliphatic heterocycles. The summed E-state index contributed by atoms with van der Waals surface area (Å²) < 4.78 is 0. The van der Waals surface area contributed by atoms with Gasteiger partial charge in [-0.25, -0.2) is 0 Å². The van der Waals surface area contributed by atoms with Crippen molar-refractivity contribution >= 4 is 5.91 Å². The van der Waals surface area contributed by atoms with Crippen LogP contribution in [0, 0.1) is 5.92 Å². The average molecular weight is 370 g/mol. The molecule has 0 aliphatic carbocycles. The molecule has 3 rings (SSSR count). The minimum atomic E-state index is -0.453. The summed E-state index contributed by atoms with van der Waals surface area (Å²) in [6.45, 7) is 4.16. The van der Waals surface area contributed by atoms with Gasteiger partial charge in [0, 0.05) is 26.3 Å². The van der Waals surface area contributed by atoms with Gasteiger partial charge in [-0.1, -0.05) is 42.8 Å². The van der Waals surface area contributed by atoms with Gasteiger partial charge in [-0.3, -0.25) is 9.78 Å². The van der Waals surface area contributed by atoms with E-state index in [0.29, 0.717) is 6.54 Å². The number of carbonyl (C=O) groups excluding carboxylic acids is 1. The van der Waals surface area contributed by atoms with Crippen LogP contribution >= 0.6 is 0 Å². The van der Waals surface area contributed by atoms with Gasteiger partial charge in [-0.15, -0.1) is 0 Å². The first kappa shape index (κ1) is 21.1. The van der Waals surface area contributed by atoms with Gasteiger partial charge < -0.3 is 15.1 Å². The second kappa shape index (κ2) is 10.8. The number of hydrogen-bond donors (Lipinski definition) is 2. The van der Waals surface area contributed by atoms with E-state index in [1.807, 2.05) is 35.2 Å². The molecule has 1 fully saturated rings. The molecule has 1 aromatic heterocycles. The Bertz CT molecular complexity index is 676. The van der Waals surface area contributed by atoms with Crippen LogP contribution in [-0.4, -0.2) is 39.2 Å². The normalized spacial score (nSPS) is 20.8. The molecule has 0 bridgehead atoms. The van der Waals surface area contributed by atoms with Crippen molar-refractivity contribution in [2.75, 3.05) is 13.2 Å². The predicted octanol–water partition coefficient (Wildman–Crippen LogP) is 3.50. The molecular formula is C22H30N2O3. The predicted molar refractivity (Wildman–Crippen MR) is 106 cm³/mol. The molecule has 0 radical (unpaired) electrons. The fourth-order valence-corrected chi connectivity index (χ4v) is 3.39. The molecule has 1 saturated heterocycles. The zero-order valence-corrected chi connectivity index (χ0v) is 16.2. The standard InChI is InChI=1S/C15H21NO2.C7H9NO/c1-12(18)16-10-13(11-17)6-5-9-15(16)14-7-3-2-4-8-14;1-6(9)7-4-2-3-5-8-7/h2-4,7-8,13,15,17H,5-6,9-11H2,1H3;2-6,9H,1H3. The molecule has 146 valence electrons. The summed E-state index contributed by atoms with van der Waals surface area (Å²) >= 11 is 0. The van der Waals surface area contributed by atoms with Gasteiger partial charge in [-0.05, 0) is 43.4 Å². The molecule has 3 unspecified atom stereocenters. The maximum absolute atomic E-state index is 11.8.